The van der Waals surface area contributed by atoms with E-state index >= 15 is 0 Å². The molecule has 1 aliphatic rings. The Morgan fingerprint density at radius 2 is 2.31 bits per heavy atom. The Morgan fingerprint density at radius 3 is 2.85 bits per heavy atom. The van der Waals surface area contributed by atoms with E-state index in [9.17, 15) is 4.79 Å². The van der Waals surface area contributed by atoms with Gasteiger partial charge in [-0.1, -0.05) is 0 Å². The number of carbonyl (C=O) groups excluding carboxylic acids is 1. The minimum atomic E-state index is -0.0444. The van der Waals surface area contributed by atoms with E-state index in [1.807, 2.05) is 6.92 Å². The Hall–Kier alpha value is -0.770. The van der Waals surface area contributed by atoms with Gasteiger partial charge in [0.1, 0.15) is 0 Å². The zero-order valence-electron chi connectivity index (χ0n) is 8.47. The molecule has 4 heteroatoms. The van der Waals surface area contributed by atoms with Gasteiger partial charge in [0.15, 0.2) is 0 Å². The quantitative estimate of drug-likeness (QED) is 0.662. The molecule has 0 spiro atoms. The molecule has 2 N–H and O–H groups in total. The largest absolute Gasteiger partial charge is 0.338 e. The molecule has 1 atom stereocenters. The highest BCUT2D eigenvalue weighted by Crippen LogP contribution is 2.12. The average Bonchev–Trinajstić information content (AvgIpc) is 2.49. The minimum Gasteiger partial charge on any atom is -0.338 e. The molecule has 0 saturated carbocycles. The Labute approximate surface area is 79.7 Å². The molecule has 0 aromatic carbocycles. The molecule has 76 valence electrons. The van der Waals surface area contributed by atoms with E-state index in [2.05, 4.69) is 22.6 Å². The van der Waals surface area contributed by atoms with Crippen LogP contribution in [0, 0.1) is 5.92 Å². The summed E-state index contributed by atoms with van der Waals surface area (Å²) in [7, 11) is 2.12. The van der Waals surface area contributed by atoms with Crippen molar-refractivity contribution in [2.45, 2.75) is 13.3 Å². The number of rotatable bonds is 3. The number of nitrogens with one attached hydrogen (secondary N) is 2. The van der Waals surface area contributed by atoms with Crippen LogP contribution in [0.15, 0.2) is 0 Å². The molecule has 0 aliphatic carbocycles. The predicted octanol–water partition coefficient (Wildman–Crippen LogP) is 0.257. The molecule has 1 aliphatic heterocycles. The highest BCUT2D eigenvalue weighted by Gasteiger charge is 2.19. The monoisotopic (exact) mass is 185 g/mol. The van der Waals surface area contributed by atoms with Gasteiger partial charge >= 0.3 is 6.03 Å². The van der Waals surface area contributed by atoms with Crippen molar-refractivity contribution in [3.05, 3.63) is 0 Å². The van der Waals surface area contributed by atoms with Gasteiger partial charge in [0.25, 0.3) is 0 Å². The molecule has 0 aromatic heterocycles. The number of hydrogen-bond acceptors (Lipinski definition) is 2. The highest BCUT2D eigenvalue weighted by atomic mass is 16.2. The van der Waals surface area contributed by atoms with Crippen LogP contribution in [0.4, 0.5) is 4.79 Å². The van der Waals surface area contributed by atoms with Crippen molar-refractivity contribution in [1.29, 1.82) is 0 Å². The second-order valence-electron chi connectivity index (χ2n) is 3.66. The lowest BCUT2D eigenvalue weighted by Gasteiger charge is -2.11. The van der Waals surface area contributed by atoms with Crippen molar-refractivity contribution < 1.29 is 4.79 Å². The second-order valence-corrected chi connectivity index (χ2v) is 3.66. The summed E-state index contributed by atoms with van der Waals surface area (Å²) in [5.41, 5.74) is 0. The topological polar surface area (TPSA) is 44.4 Å². The summed E-state index contributed by atoms with van der Waals surface area (Å²) in [6.45, 7) is 5.67. The second kappa shape index (κ2) is 5.07. The van der Waals surface area contributed by atoms with Crippen LogP contribution in [0.2, 0.25) is 0 Å². The van der Waals surface area contributed by atoms with Crippen molar-refractivity contribution in [2.75, 3.05) is 33.2 Å². The van der Waals surface area contributed by atoms with E-state index in [-0.39, 0.29) is 6.03 Å². The van der Waals surface area contributed by atoms with Crippen molar-refractivity contribution >= 4 is 6.03 Å². The van der Waals surface area contributed by atoms with Gasteiger partial charge in [0.2, 0.25) is 0 Å². The third kappa shape index (κ3) is 3.63. The summed E-state index contributed by atoms with van der Waals surface area (Å²) < 4.78 is 0. The van der Waals surface area contributed by atoms with Gasteiger partial charge in [-0.05, 0) is 32.9 Å². The van der Waals surface area contributed by atoms with Crippen LogP contribution in [-0.2, 0) is 0 Å². The number of hydrogen-bond donors (Lipinski definition) is 2. The van der Waals surface area contributed by atoms with E-state index in [1.54, 1.807) is 0 Å². The van der Waals surface area contributed by atoms with Crippen molar-refractivity contribution in [2.24, 2.45) is 5.92 Å². The van der Waals surface area contributed by atoms with Gasteiger partial charge in [-0.2, -0.15) is 0 Å². The first-order valence-corrected chi connectivity index (χ1v) is 4.92. The van der Waals surface area contributed by atoms with E-state index in [4.69, 9.17) is 0 Å². The maximum Gasteiger partial charge on any atom is 0.314 e. The molecule has 1 unspecified atom stereocenters. The zero-order valence-corrected chi connectivity index (χ0v) is 8.47. The summed E-state index contributed by atoms with van der Waals surface area (Å²) in [4.78, 5) is 13.3. The summed E-state index contributed by atoms with van der Waals surface area (Å²) >= 11 is 0. The summed E-state index contributed by atoms with van der Waals surface area (Å²) in [5, 5.41) is 5.59. The summed E-state index contributed by atoms with van der Waals surface area (Å²) in [6.07, 6.45) is 1.20. The number of urea groups is 1. The normalized spacial score (nSPS) is 23.1. The smallest absolute Gasteiger partial charge is 0.314 e. The number of nitrogens with zero attached hydrogens (tertiary/aromatic N) is 1. The maximum atomic E-state index is 11.0. The summed E-state index contributed by atoms with van der Waals surface area (Å²) in [6, 6.07) is -0.0444. The third-order valence-electron chi connectivity index (χ3n) is 2.38. The van der Waals surface area contributed by atoms with Gasteiger partial charge < -0.3 is 15.5 Å². The molecule has 0 aromatic rings. The van der Waals surface area contributed by atoms with Gasteiger partial charge in [-0.25, -0.2) is 4.79 Å². The standard InChI is InChI=1S/C9H19N3O/c1-3-10-9(13)11-6-8-4-5-12(2)7-8/h8H,3-7H2,1-2H3,(H2,10,11,13). The Morgan fingerprint density at radius 1 is 1.54 bits per heavy atom. The maximum absolute atomic E-state index is 11.0. The van der Waals surface area contributed by atoms with Gasteiger partial charge in [-0.15, -0.1) is 0 Å². The van der Waals surface area contributed by atoms with Gasteiger partial charge in [-0.3, -0.25) is 0 Å². The fourth-order valence-electron chi connectivity index (χ4n) is 1.65. The first-order chi connectivity index (χ1) is 6.22. The minimum absolute atomic E-state index is 0.0444. The van der Waals surface area contributed by atoms with Gasteiger partial charge in [0.05, 0.1) is 0 Å². The van der Waals surface area contributed by atoms with Crippen LogP contribution in [0.3, 0.4) is 0 Å². The number of carbonyl (C=O) groups is 1. The first-order valence-electron chi connectivity index (χ1n) is 4.92. The fourth-order valence-corrected chi connectivity index (χ4v) is 1.65. The molecule has 0 bridgehead atoms. The van der Waals surface area contributed by atoms with Crippen molar-refractivity contribution in [1.82, 2.24) is 15.5 Å². The lowest BCUT2D eigenvalue weighted by molar-refractivity contribution is 0.239. The van der Waals surface area contributed by atoms with Crippen LogP contribution in [-0.4, -0.2) is 44.2 Å². The fraction of sp³-hybridized carbons (Fsp3) is 0.889. The highest BCUT2D eigenvalue weighted by molar-refractivity contribution is 5.73. The zero-order chi connectivity index (χ0) is 9.68. The Kier molecular flexibility index (Phi) is 4.02. The van der Waals surface area contributed by atoms with Crippen LogP contribution in [0.25, 0.3) is 0 Å². The number of likely N-dealkylation sites (tertiary alicyclic amines) is 1. The molecule has 1 fully saturated rings. The van der Waals surface area contributed by atoms with E-state index in [1.165, 1.54) is 6.42 Å². The molecule has 4 nitrogen and oxygen atoms in total. The number of amides is 2. The lowest BCUT2D eigenvalue weighted by atomic mass is 10.1. The van der Waals surface area contributed by atoms with Crippen molar-refractivity contribution in [3.63, 3.8) is 0 Å². The molecule has 2 amide bonds. The summed E-state index contributed by atoms with van der Waals surface area (Å²) in [5.74, 6) is 0.632. The average molecular weight is 185 g/mol. The molecular formula is C9H19N3O. The van der Waals surface area contributed by atoms with Crippen LogP contribution in [0.5, 0.6) is 0 Å². The molecular weight excluding hydrogens is 166 g/mol. The van der Waals surface area contributed by atoms with Crippen LogP contribution in [0.1, 0.15) is 13.3 Å². The van der Waals surface area contributed by atoms with Crippen LogP contribution >= 0.6 is 0 Å². The van der Waals surface area contributed by atoms with Crippen molar-refractivity contribution in [3.8, 4) is 0 Å². The molecule has 0 radical (unpaired) electrons. The SMILES string of the molecule is CCNC(=O)NCC1CCN(C)C1. The van der Waals surface area contributed by atoms with Crippen LogP contribution < -0.4 is 10.6 Å². The molecule has 1 heterocycles. The lowest BCUT2D eigenvalue weighted by Crippen LogP contribution is -2.38. The first kappa shape index (κ1) is 10.3. The molecule has 1 rings (SSSR count). The Balaban J connectivity index is 2.09. The van der Waals surface area contributed by atoms with E-state index in [0.717, 1.165) is 19.6 Å². The van der Waals surface area contributed by atoms with Gasteiger partial charge in [0, 0.05) is 19.6 Å². The third-order valence-corrected chi connectivity index (χ3v) is 2.38. The molecule has 13 heavy (non-hydrogen) atoms. The van der Waals surface area contributed by atoms with E-state index in [0.29, 0.717) is 12.5 Å². The molecule has 1 saturated heterocycles. The van der Waals surface area contributed by atoms with E-state index < -0.39 is 0 Å². The predicted molar refractivity (Wildman–Crippen MR) is 52.7 cm³/mol. The Bertz CT molecular complexity index is 172.